The molecule has 2 amide bonds. The summed E-state index contributed by atoms with van der Waals surface area (Å²) in [4.78, 5) is 40.7. The molecule has 0 spiro atoms. The van der Waals surface area contributed by atoms with Gasteiger partial charge in [-0.05, 0) is 40.8 Å². The van der Waals surface area contributed by atoms with Gasteiger partial charge in [-0.3, -0.25) is 19.7 Å². The van der Waals surface area contributed by atoms with Crippen LogP contribution in [0.15, 0.2) is 78.9 Å². The molecule has 7 nitrogen and oxygen atoms in total. The average molecular weight is 497 g/mol. The van der Waals surface area contributed by atoms with E-state index in [0.717, 1.165) is 28.0 Å². The highest BCUT2D eigenvalue weighted by molar-refractivity contribution is 6.24. The molecule has 0 aliphatic carbocycles. The maximum Gasteiger partial charge on any atom is 0.327 e. The van der Waals surface area contributed by atoms with Gasteiger partial charge in [0, 0.05) is 6.04 Å². The zero-order chi connectivity index (χ0) is 26.2. The topological polar surface area (TPSA) is 107 Å². The van der Waals surface area contributed by atoms with E-state index in [9.17, 15) is 24.6 Å². The summed E-state index contributed by atoms with van der Waals surface area (Å²) in [7, 11) is 0. The molecule has 3 aromatic rings. The monoisotopic (exact) mass is 496 g/mol. The molecule has 0 aromatic heterocycles. The average Bonchev–Trinajstić information content (AvgIpc) is 3.42. The maximum atomic E-state index is 13.7. The third-order valence-corrected chi connectivity index (χ3v) is 7.45. The Morgan fingerprint density at radius 3 is 2.11 bits per heavy atom. The molecular weight excluding hydrogens is 468 g/mol. The van der Waals surface area contributed by atoms with Gasteiger partial charge in [-0.1, -0.05) is 85.8 Å². The minimum absolute atomic E-state index is 0.402. The second-order valence-corrected chi connectivity index (χ2v) is 9.50. The van der Waals surface area contributed by atoms with Crippen molar-refractivity contribution >= 4 is 35.6 Å². The fourth-order valence-electron chi connectivity index (χ4n) is 5.41. The number of nitrogens with one attached hydrogen (secondary N) is 1. The number of aliphatic carboxylic acids is 1. The lowest BCUT2D eigenvalue weighted by molar-refractivity contribution is -0.150. The van der Waals surface area contributed by atoms with Crippen LogP contribution in [0.3, 0.4) is 0 Å². The highest BCUT2D eigenvalue weighted by Gasteiger charge is 2.68. The summed E-state index contributed by atoms with van der Waals surface area (Å²) in [6, 6.07) is 23.6. The number of aliphatic hydroxyl groups excluding tert-OH is 1. The molecule has 0 bridgehead atoms. The van der Waals surface area contributed by atoms with Crippen LogP contribution in [-0.2, 0) is 20.8 Å². The number of rotatable bonds is 7. The van der Waals surface area contributed by atoms with Gasteiger partial charge in [-0.15, -0.1) is 0 Å². The van der Waals surface area contributed by atoms with Crippen LogP contribution in [-0.4, -0.2) is 40.1 Å². The number of carbonyl (C=O) groups excluding carboxylic acids is 2. The summed E-state index contributed by atoms with van der Waals surface area (Å²) in [5.74, 6) is -4.66. The van der Waals surface area contributed by atoms with Crippen molar-refractivity contribution in [2.75, 3.05) is 11.5 Å². The fourth-order valence-corrected chi connectivity index (χ4v) is 5.41. The van der Waals surface area contributed by atoms with Crippen molar-refractivity contribution in [3.05, 3.63) is 101 Å². The number of carbonyl (C=O) groups is 3. The van der Waals surface area contributed by atoms with Gasteiger partial charge in [0.25, 0.3) is 0 Å². The molecule has 5 rings (SSSR count). The van der Waals surface area contributed by atoms with Crippen LogP contribution in [0.2, 0.25) is 0 Å². The molecule has 2 aliphatic heterocycles. The zero-order valence-corrected chi connectivity index (χ0v) is 20.4. The second-order valence-electron chi connectivity index (χ2n) is 9.50. The molecule has 0 radical (unpaired) electrons. The molecule has 0 saturated carbocycles. The minimum Gasteiger partial charge on any atom is -0.480 e. The van der Waals surface area contributed by atoms with E-state index in [0.29, 0.717) is 11.3 Å². The first-order valence-corrected chi connectivity index (χ1v) is 12.3. The van der Waals surface area contributed by atoms with Crippen LogP contribution < -0.4 is 10.2 Å². The van der Waals surface area contributed by atoms with Crippen LogP contribution in [0.1, 0.15) is 35.2 Å². The van der Waals surface area contributed by atoms with Gasteiger partial charge in [-0.2, -0.15) is 0 Å². The van der Waals surface area contributed by atoms with E-state index in [1.807, 2.05) is 85.8 Å². The molecule has 4 atom stereocenters. The van der Waals surface area contributed by atoms with Crippen molar-refractivity contribution in [1.82, 2.24) is 5.32 Å². The van der Waals surface area contributed by atoms with Gasteiger partial charge in [0.05, 0.1) is 24.1 Å². The minimum atomic E-state index is -1.97. The summed E-state index contributed by atoms with van der Waals surface area (Å²) in [6.07, 6.45) is 4.76. The van der Waals surface area contributed by atoms with E-state index in [1.165, 1.54) is 0 Å². The van der Waals surface area contributed by atoms with Crippen molar-refractivity contribution in [2.45, 2.75) is 24.9 Å². The van der Waals surface area contributed by atoms with Crippen LogP contribution in [0.25, 0.3) is 12.2 Å². The van der Waals surface area contributed by atoms with E-state index in [4.69, 9.17) is 0 Å². The van der Waals surface area contributed by atoms with Gasteiger partial charge in [0.2, 0.25) is 11.8 Å². The normalized spacial score (nSPS) is 25.1. The molecule has 7 heteroatoms. The number of aryl methyl sites for hydroxylation is 1. The number of fused-ring (bicyclic) bond motifs is 1. The Morgan fingerprint density at radius 1 is 0.919 bits per heavy atom. The lowest BCUT2D eigenvalue weighted by atomic mass is 9.79. The molecule has 2 fully saturated rings. The van der Waals surface area contributed by atoms with Gasteiger partial charge in [0.1, 0.15) is 0 Å². The number of aliphatic hydroxyl groups is 1. The number of benzene rings is 3. The van der Waals surface area contributed by atoms with Crippen LogP contribution in [0.4, 0.5) is 5.69 Å². The number of hydrogen-bond acceptors (Lipinski definition) is 5. The predicted molar refractivity (Wildman–Crippen MR) is 140 cm³/mol. The highest BCUT2D eigenvalue weighted by Crippen LogP contribution is 2.49. The maximum absolute atomic E-state index is 13.7. The number of imide groups is 1. The van der Waals surface area contributed by atoms with Gasteiger partial charge < -0.3 is 10.2 Å². The van der Waals surface area contributed by atoms with Gasteiger partial charge in [-0.25, -0.2) is 4.90 Å². The van der Waals surface area contributed by atoms with E-state index >= 15 is 0 Å². The van der Waals surface area contributed by atoms with E-state index in [-0.39, 0.29) is 0 Å². The number of amides is 2. The first-order valence-electron chi connectivity index (χ1n) is 12.3. The number of carboxylic acid groups (broad SMARTS) is 1. The molecule has 4 unspecified atom stereocenters. The Kier molecular flexibility index (Phi) is 6.50. The van der Waals surface area contributed by atoms with Crippen LogP contribution in [0, 0.1) is 11.8 Å². The smallest absolute Gasteiger partial charge is 0.327 e. The van der Waals surface area contributed by atoms with Crippen molar-refractivity contribution in [2.24, 2.45) is 11.8 Å². The Hall–Kier alpha value is -4.07. The summed E-state index contributed by atoms with van der Waals surface area (Å²) in [5, 5.41) is 23.3. The molecule has 2 saturated heterocycles. The van der Waals surface area contributed by atoms with Crippen molar-refractivity contribution in [3.63, 3.8) is 0 Å². The van der Waals surface area contributed by atoms with E-state index in [1.54, 1.807) is 12.1 Å². The molecule has 3 N–H and O–H groups in total. The lowest BCUT2D eigenvalue weighted by Crippen LogP contribution is -2.58. The van der Waals surface area contributed by atoms with E-state index < -0.39 is 47.8 Å². The molecule has 2 aliphatic rings. The zero-order valence-electron chi connectivity index (χ0n) is 20.4. The third-order valence-electron chi connectivity index (χ3n) is 7.45. The number of nitrogens with zero attached hydrogens (tertiary/aromatic N) is 1. The van der Waals surface area contributed by atoms with Crippen LogP contribution in [0.5, 0.6) is 0 Å². The Morgan fingerprint density at radius 2 is 1.54 bits per heavy atom. The van der Waals surface area contributed by atoms with Gasteiger partial charge in [0.15, 0.2) is 5.54 Å². The number of carboxylic acids is 1. The Balaban J connectivity index is 1.49. The lowest BCUT2D eigenvalue weighted by Gasteiger charge is -2.29. The Labute approximate surface area is 215 Å². The summed E-state index contributed by atoms with van der Waals surface area (Å²) in [5.41, 5.74) is 2.15. The summed E-state index contributed by atoms with van der Waals surface area (Å²) in [6.45, 7) is 1.19. The number of hydrogen-bond donors (Lipinski definition) is 3. The third kappa shape index (κ3) is 4.16. The number of anilines is 1. The first kappa shape index (κ1) is 24.6. The van der Waals surface area contributed by atoms with Crippen molar-refractivity contribution < 1.29 is 24.6 Å². The standard InChI is InChI=1S/C30H28N2O5/c1-2-19-12-16-23(17-13-19)32-27(34)24-25(28(32)35)30(18-33,29(36)37)31-26(24)22-14-10-21(11-15-22)9-8-20-6-4-3-5-7-20/h3-17,24-26,31,33H,2,18H2,1H3,(H,36,37)/b9-8+. The first-order chi connectivity index (χ1) is 17.9. The van der Waals surface area contributed by atoms with Crippen molar-refractivity contribution in [1.29, 1.82) is 0 Å². The molecule has 3 aromatic carbocycles. The second kappa shape index (κ2) is 9.76. The fraction of sp³-hybridized carbons (Fsp3) is 0.233. The largest absolute Gasteiger partial charge is 0.480 e. The van der Waals surface area contributed by atoms with Gasteiger partial charge >= 0.3 is 5.97 Å². The van der Waals surface area contributed by atoms with Crippen LogP contribution >= 0.6 is 0 Å². The summed E-state index contributed by atoms with van der Waals surface area (Å²) < 4.78 is 0. The van der Waals surface area contributed by atoms with E-state index in [2.05, 4.69) is 5.32 Å². The predicted octanol–water partition coefficient (Wildman–Crippen LogP) is 3.69. The Bertz CT molecular complexity index is 1350. The molecule has 2 heterocycles. The quantitative estimate of drug-likeness (QED) is 0.340. The SMILES string of the molecule is CCc1ccc(N2C(=O)C3C(c4ccc(/C=C/c5ccccc5)cc4)NC(CO)(C(=O)O)C3C2=O)cc1. The summed E-state index contributed by atoms with van der Waals surface area (Å²) >= 11 is 0. The molecular formula is C30H28N2O5. The molecule has 37 heavy (non-hydrogen) atoms. The highest BCUT2D eigenvalue weighted by atomic mass is 16.4. The van der Waals surface area contributed by atoms with Crippen molar-refractivity contribution in [3.8, 4) is 0 Å². The molecule has 188 valence electrons.